The highest BCUT2D eigenvalue weighted by Gasteiger charge is 2.31. The fourth-order valence-corrected chi connectivity index (χ4v) is 10.1. The Kier molecular flexibility index (Phi) is 16.9. The Bertz CT molecular complexity index is 2500. The molecule has 4 aromatic carbocycles. The molecule has 0 aliphatic heterocycles. The molecule has 0 saturated carbocycles. The number of carbonyl (C=O) groups is 2. The zero-order valence-electron chi connectivity index (χ0n) is 44.6. The van der Waals surface area contributed by atoms with E-state index in [0.717, 1.165) is 55.6 Å². The zero-order chi connectivity index (χ0) is 51.6. The maximum absolute atomic E-state index is 13.8. The number of phenolic OH excluding ortho intramolecular Hbond substituents is 1. The first-order valence-electron chi connectivity index (χ1n) is 24.5. The monoisotopic (exact) mass is 963 g/mol. The minimum atomic E-state index is -3.37. The number of aromatic hydroxyl groups is 1. The lowest BCUT2D eigenvalue weighted by Gasteiger charge is -2.28. The van der Waals surface area contributed by atoms with Gasteiger partial charge in [0.1, 0.15) is 23.0 Å². The maximum Gasteiger partial charge on any atom is 0.338 e. The molecule has 5 rings (SSSR count). The predicted molar refractivity (Wildman–Crippen MR) is 280 cm³/mol. The molecule has 69 heavy (non-hydrogen) atoms. The van der Waals surface area contributed by atoms with E-state index in [2.05, 4.69) is 145 Å². The van der Waals surface area contributed by atoms with E-state index in [-0.39, 0.29) is 77.4 Å². The lowest BCUT2D eigenvalue weighted by molar-refractivity contribution is -0.131. The van der Waals surface area contributed by atoms with Crippen LogP contribution in [-0.2, 0) is 70.5 Å². The highest BCUT2D eigenvalue weighted by molar-refractivity contribution is 7.53. The van der Waals surface area contributed by atoms with Gasteiger partial charge < -0.3 is 28.4 Å². The molecule has 9 nitrogen and oxygen atoms in total. The van der Waals surface area contributed by atoms with Crippen molar-refractivity contribution in [1.82, 2.24) is 0 Å². The number of esters is 2. The number of fused-ring (bicyclic) bond motifs is 8. The van der Waals surface area contributed by atoms with Gasteiger partial charge in [0.15, 0.2) is 0 Å². The van der Waals surface area contributed by atoms with Crippen LogP contribution >= 0.6 is 7.60 Å². The van der Waals surface area contributed by atoms with Crippen LogP contribution < -0.4 is 14.2 Å². The molecule has 0 atom stereocenters. The smallest absolute Gasteiger partial charge is 0.338 e. The van der Waals surface area contributed by atoms with Gasteiger partial charge in [-0.15, -0.1) is 0 Å². The Morgan fingerprint density at radius 2 is 0.797 bits per heavy atom. The summed E-state index contributed by atoms with van der Waals surface area (Å²) in [5.74, 6) is 0.438. The van der Waals surface area contributed by atoms with Crippen LogP contribution in [0.25, 0.3) is 0 Å². The molecule has 10 heteroatoms. The van der Waals surface area contributed by atoms with Crippen molar-refractivity contribution in [2.75, 3.05) is 26.0 Å². The average Bonchev–Trinajstić information content (AvgIpc) is 3.21. The first-order chi connectivity index (χ1) is 31.8. The van der Waals surface area contributed by atoms with Crippen LogP contribution in [-0.4, -0.2) is 43.0 Å². The Morgan fingerprint density at radius 3 is 1.07 bits per heavy atom. The number of carbonyl (C=O) groups excluding carboxylic acids is 2. The molecule has 0 saturated heterocycles. The fraction of sp³-hybridized carbons (Fsp3) is 0.492. The van der Waals surface area contributed by atoms with Crippen LogP contribution in [0.3, 0.4) is 0 Å². The van der Waals surface area contributed by atoms with E-state index in [0.29, 0.717) is 47.6 Å². The molecule has 1 aliphatic carbocycles. The maximum atomic E-state index is 13.8. The highest BCUT2D eigenvalue weighted by atomic mass is 31.2. The summed E-state index contributed by atoms with van der Waals surface area (Å²) in [5.41, 5.74) is 9.37. The van der Waals surface area contributed by atoms with E-state index in [4.69, 9.17) is 23.3 Å². The summed E-state index contributed by atoms with van der Waals surface area (Å²) in [4.78, 5) is 27.5. The third-order valence-corrected chi connectivity index (χ3v) is 14.7. The van der Waals surface area contributed by atoms with Crippen molar-refractivity contribution in [2.24, 2.45) is 0 Å². The van der Waals surface area contributed by atoms with Crippen molar-refractivity contribution >= 4 is 19.5 Å². The van der Waals surface area contributed by atoms with Crippen LogP contribution in [0.15, 0.2) is 72.8 Å². The molecule has 0 spiro atoms. The molecular weight excluding hydrogens is 884 g/mol. The topological polar surface area (TPSA) is 118 Å². The highest BCUT2D eigenvalue weighted by Crippen LogP contribution is 2.49. The summed E-state index contributed by atoms with van der Waals surface area (Å²) in [5, 5.41) is 12.6. The Morgan fingerprint density at radius 1 is 0.522 bits per heavy atom. The van der Waals surface area contributed by atoms with E-state index < -0.39 is 19.5 Å². The molecular formula is C59H79O9P. The van der Waals surface area contributed by atoms with Gasteiger partial charge in [0.05, 0.1) is 26.0 Å². The molecule has 0 heterocycles. The standard InChI is InChI=1S/C59H79O9P/c1-19-65-69(63,66-20-2)23-21-22-64-51-40-26-44-34-48(58(13,14)15)32-42(52(44)67-54(61)36(3)4)24-38-28-46(56(7,8)9)29-39(50(38)60)25-43-33-49(59(16,17)18)35-45(53(43)68-55(62)37(5)6)27-41(51)31-47(30-40)57(10,11)12/h28-35,60H,3,5,19-27H2,1-2,4,6-18H3. The van der Waals surface area contributed by atoms with Crippen molar-refractivity contribution in [3.05, 3.63) is 140 Å². The number of hydrogen-bond donors (Lipinski definition) is 1. The summed E-state index contributed by atoms with van der Waals surface area (Å²) >= 11 is 0. The largest absolute Gasteiger partial charge is 0.507 e. The predicted octanol–water partition coefficient (Wildman–Crippen LogP) is 14.3. The summed E-state index contributed by atoms with van der Waals surface area (Å²) in [7, 11) is -3.37. The summed E-state index contributed by atoms with van der Waals surface area (Å²) in [6.45, 7) is 41.4. The summed E-state index contributed by atoms with van der Waals surface area (Å²) < 4.78 is 44.8. The summed E-state index contributed by atoms with van der Waals surface area (Å²) in [6, 6.07) is 16.9. The van der Waals surface area contributed by atoms with E-state index in [1.54, 1.807) is 27.7 Å². The fourth-order valence-electron chi connectivity index (χ4n) is 8.43. The first-order valence-corrected chi connectivity index (χ1v) is 26.2. The van der Waals surface area contributed by atoms with Gasteiger partial charge >= 0.3 is 19.5 Å². The Hall–Kier alpha value is -4.95. The third kappa shape index (κ3) is 13.7. The van der Waals surface area contributed by atoms with Crippen LogP contribution in [0.5, 0.6) is 23.0 Å². The van der Waals surface area contributed by atoms with Crippen LogP contribution in [0.4, 0.5) is 0 Å². The van der Waals surface area contributed by atoms with Gasteiger partial charge in [0.25, 0.3) is 0 Å². The van der Waals surface area contributed by atoms with Gasteiger partial charge in [-0.2, -0.15) is 0 Å². The van der Waals surface area contributed by atoms with Crippen molar-refractivity contribution in [1.29, 1.82) is 0 Å². The Balaban J connectivity index is 1.98. The van der Waals surface area contributed by atoms with Crippen molar-refractivity contribution < 1.29 is 42.5 Å². The van der Waals surface area contributed by atoms with Gasteiger partial charge in [-0.05, 0) is 100 Å². The van der Waals surface area contributed by atoms with E-state index >= 15 is 0 Å². The lowest BCUT2D eigenvalue weighted by Crippen LogP contribution is -2.19. The minimum Gasteiger partial charge on any atom is -0.507 e. The van der Waals surface area contributed by atoms with Gasteiger partial charge in [-0.25, -0.2) is 9.59 Å². The third-order valence-electron chi connectivity index (χ3n) is 12.5. The molecule has 0 aromatic heterocycles. The van der Waals surface area contributed by atoms with Crippen molar-refractivity contribution in [3.63, 3.8) is 0 Å². The van der Waals surface area contributed by atoms with E-state index in [1.165, 1.54) is 0 Å². The van der Waals surface area contributed by atoms with Gasteiger partial charge in [0, 0.05) is 59.1 Å². The zero-order valence-corrected chi connectivity index (χ0v) is 45.5. The minimum absolute atomic E-state index is 0.115. The van der Waals surface area contributed by atoms with E-state index in [1.807, 2.05) is 0 Å². The number of benzene rings is 4. The second-order valence-electron chi connectivity index (χ2n) is 22.9. The van der Waals surface area contributed by atoms with Gasteiger partial charge in [-0.3, -0.25) is 4.57 Å². The average molecular weight is 963 g/mol. The van der Waals surface area contributed by atoms with Crippen LogP contribution in [0.2, 0.25) is 0 Å². The van der Waals surface area contributed by atoms with Crippen LogP contribution in [0.1, 0.15) is 184 Å². The number of phenols is 1. The molecule has 0 amide bonds. The Labute approximate surface area is 413 Å². The molecule has 8 bridgehead atoms. The normalized spacial score (nSPS) is 13.4. The number of rotatable bonds is 13. The number of ether oxygens (including phenoxy) is 3. The summed E-state index contributed by atoms with van der Waals surface area (Å²) in [6.07, 6.45) is 1.61. The second kappa shape index (κ2) is 21.2. The molecule has 0 unspecified atom stereocenters. The van der Waals surface area contributed by atoms with Crippen molar-refractivity contribution in [3.8, 4) is 23.0 Å². The molecule has 1 N–H and O–H groups in total. The van der Waals surface area contributed by atoms with Crippen LogP contribution in [0, 0.1) is 0 Å². The second-order valence-corrected chi connectivity index (χ2v) is 25.1. The van der Waals surface area contributed by atoms with Gasteiger partial charge in [0.2, 0.25) is 0 Å². The SMILES string of the molecule is C=C(C)C(=O)Oc1c2cc(C(C)(C)C)cc1Cc1cc(C(C)(C)C)cc(c1OCCCP(=O)(OCC)OCC)Cc1cc(C(C)(C)C)cc(c1OC(=O)C(=C)C)Cc1cc(C(C)(C)C)cc(c1O)C2. The first kappa shape index (κ1) is 55.0. The molecule has 1 aliphatic rings. The molecule has 374 valence electrons. The number of hydrogen-bond acceptors (Lipinski definition) is 9. The molecule has 4 aromatic rings. The van der Waals surface area contributed by atoms with Crippen molar-refractivity contribution in [2.45, 2.75) is 165 Å². The lowest BCUT2D eigenvalue weighted by atomic mass is 9.79. The molecule has 0 radical (unpaired) electrons. The molecule has 0 fully saturated rings. The quantitative estimate of drug-likeness (QED) is 0.0405. The van der Waals surface area contributed by atoms with E-state index in [9.17, 15) is 19.3 Å². The van der Waals surface area contributed by atoms with Gasteiger partial charge in [-0.1, -0.05) is 145 Å².